The number of piperidine rings is 1. The number of carbonyl (C=O) groups excluding carboxylic acids is 1. The maximum absolute atomic E-state index is 12.9. The molecular formula is C21H26N2O2. The molecule has 1 heterocycles. The van der Waals surface area contributed by atoms with Crippen LogP contribution in [0, 0.1) is 5.92 Å². The van der Waals surface area contributed by atoms with Gasteiger partial charge in [0.15, 0.2) is 0 Å². The Morgan fingerprint density at radius 2 is 1.88 bits per heavy atom. The number of hydrogen-bond acceptors (Lipinski definition) is 3. The highest BCUT2D eigenvalue weighted by Crippen LogP contribution is 2.23. The number of amides is 1. The van der Waals surface area contributed by atoms with Crippen molar-refractivity contribution < 1.29 is 9.53 Å². The van der Waals surface area contributed by atoms with Gasteiger partial charge in [0.1, 0.15) is 5.75 Å². The van der Waals surface area contributed by atoms with E-state index in [1.54, 1.807) is 0 Å². The van der Waals surface area contributed by atoms with Gasteiger partial charge in [0.2, 0.25) is 0 Å². The van der Waals surface area contributed by atoms with Crippen molar-refractivity contribution in [2.45, 2.75) is 19.3 Å². The fraction of sp³-hybridized carbons (Fsp3) is 0.381. The standard InChI is InChI=1S/C21H26N2O2/c22-15-18-9-6-13-23(16-18)21(24)19-10-4-5-11-20(19)25-14-12-17-7-2-1-3-8-17/h1-5,7-8,10-11,18H,6,9,12-16,22H2/t18-/m0/s1. The molecule has 2 aromatic carbocycles. The number of rotatable bonds is 6. The number of para-hydroxylation sites is 1. The first-order valence-corrected chi connectivity index (χ1v) is 9.03. The van der Waals surface area contributed by atoms with Gasteiger partial charge in [-0.3, -0.25) is 4.79 Å². The molecule has 4 nitrogen and oxygen atoms in total. The highest BCUT2D eigenvalue weighted by Gasteiger charge is 2.25. The second-order valence-electron chi connectivity index (χ2n) is 6.58. The lowest BCUT2D eigenvalue weighted by molar-refractivity contribution is 0.0674. The van der Waals surface area contributed by atoms with E-state index in [2.05, 4.69) is 12.1 Å². The second-order valence-corrected chi connectivity index (χ2v) is 6.58. The SMILES string of the molecule is NC[C@@H]1CCCN(C(=O)c2ccccc2OCCc2ccccc2)C1. The Kier molecular flexibility index (Phi) is 6.07. The maximum Gasteiger partial charge on any atom is 0.257 e. The zero-order valence-corrected chi connectivity index (χ0v) is 14.6. The first kappa shape index (κ1) is 17.5. The summed E-state index contributed by atoms with van der Waals surface area (Å²) in [6.07, 6.45) is 2.95. The van der Waals surface area contributed by atoms with Crippen molar-refractivity contribution in [3.63, 3.8) is 0 Å². The molecule has 0 saturated carbocycles. The van der Waals surface area contributed by atoms with E-state index >= 15 is 0 Å². The summed E-state index contributed by atoms with van der Waals surface area (Å²) in [5, 5.41) is 0. The Labute approximate surface area is 149 Å². The predicted octanol–water partition coefficient (Wildman–Crippen LogP) is 3.12. The Morgan fingerprint density at radius 3 is 2.68 bits per heavy atom. The Balaban J connectivity index is 1.64. The van der Waals surface area contributed by atoms with E-state index in [0.717, 1.165) is 32.4 Å². The zero-order chi connectivity index (χ0) is 17.5. The number of nitrogens with zero attached hydrogens (tertiary/aromatic N) is 1. The van der Waals surface area contributed by atoms with E-state index < -0.39 is 0 Å². The number of ether oxygens (including phenoxy) is 1. The van der Waals surface area contributed by atoms with E-state index in [0.29, 0.717) is 30.4 Å². The summed E-state index contributed by atoms with van der Waals surface area (Å²) in [6, 6.07) is 17.8. The summed E-state index contributed by atoms with van der Waals surface area (Å²) in [6.45, 7) is 2.74. The Morgan fingerprint density at radius 1 is 1.12 bits per heavy atom. The van der Waals surface area contributed by atoms with Crippen molar-refractivity contribution in [2.24, 2.45) is 11.7 Å². The van der Waals surface area contributed by atoms with Crippen molar-refractivity contribution in [3.05, 3.63) is 65.7 Å². The highest BCUT2D eigenvalue weighted by molar-refractivity contribution is 5.97. The molecule has 1 saturated heterocycles. The van der Waals surface area contributed by atoms with Crippen LogP contribution in [0.15, 0.2) is 54.6 Å². The molecule has 0 spiro atoms. The minimum absolute atomic E-state index is 0.0495. The van der Waals surface area contributed by atoms with Gasteiger partial charge in [-0.25, -0.2) is 0 Å². The minimum Gasteiger partial charge on any atom is -0.492 e. The summed E-state index contributed by atoms with van der Waals surface area (Å²) in [4.78, 5) is 14.8. The molecule has 2 aromatic rings. The monoisotopic (exact) mass is 338 g/mol. The van der Waals surface area contributed by atoms with Gasteiger partial charge < -0.3 is 15.4 Å². The van der Waals surface area contributed by atoms with Crippen molar-refractivity contribution in [1.29, 1.82) is 0 Å². The normalized spacial score (nSPS) is 17.3. The average Bonchev–Trinajstić information content (AvgIpc) is 2.69. The van der Waals surface area contributed by atoms with Crippen LogP contribution < -0.4 is 10.5 Å². The van der Waals surface area contributed by atoms with Gasteiger partial charge in [0, 0.05) is 19.5 Å². The number of carbonyl (C=O) groups is 1. The largest absolute Gasteiger partial charge is 0.492 e. The zero-order valence-electron chi connectivity index (χ0n) is 14.6. The topological polar surface area (TPSA) is 55.6 Å². The summed E-state index contributed by atoms with van der Waals surface area (Å²) < 4.78 is 5.93. The third-order valence-corrected chi connectivity index (χ3v) is 4.75. The van der Waals surface area contributed by atoms with Crippen LogP contribution in [0.4, 0.5) is 0 Å². The summed E-state index contributed by atoms with van der Waals surface area (Å²) in [7, 11) is 0. The van der Waals surface area contributed by atoms with Crippen LogP contribution in [0.25, 0.3) is 0 Å². The fourth-order valence-electron chi connectivity index (χ4n) is 3.30. The molecule has 1 atom stereocenters. The third kappa shape index (κ3) is 4.60. The second kappa shape index (κ2) is 8.67. The number of nitrogens with two attached hydrogens (primary N) is 1. The molecule has 0 aliphatic carbocycles. The lowest BCUT2D eigenvalue weighted by Crippen LogP contribution is -2.42. The molecule has 1 aliphatic rings. The summed E-state index contributed by atoms with van der Waals surface area (Å²) >= 11 is 0. The first-order valence-electron chi connectivity index (χ1n) is 9.03. The smallest absolute Gasteiger partial charge is 0.257 e. The van der Waals surface area contributed by atoms with E-state index in [-0.39, 0.29) is 5.91 Å². The lowest BCUT2D eigenvalue weighted by Gasteiger charge is -2.32. The molecule has 1 amide bonds. The van der Waals surface area contributed by atoms with Gasteiger partial charge in [0.25, 0.3) is 5.91 Å². The summed E-state index contributed by atoms with van der Waals surface area (Å²) in [5.74, 6) is 1.12. The Bertz CT molecular complexity index is 687. The number of hydrogen-bond donors (Lipinski definition) is 1. The van der Waals surface area contributed by atoms with Crippen LogP contribution in [-0.2, 0) is 6.42 Å². The fourth-order valence-corrected chi connectivity index (χ4v) is 3.30. The molecule has 4 heteroatoms. The third-order valence-electron chi connectivity index (χ3n) is 4.75. The molecule has 132 valence electrons. The van der Waals surface area contributed by atoms with E-state index in [1.165, 1.54) is 5.56 Å². The van der Waals surface area contributed by atoms with Crippen LogP contribution in [0.3, 0.4) is 0 Å². The predicted molar refractivity (Wildman–Crippen MR) is 99.8 cm³/mol. The van der Waals surface area contributed by atoms with Gasteiger partial charge in [-0.15, -0.1) is 0 Å². The number of likely N-dealkylation sites (tertiary alicyclic amines) is 1. The van der Waals surface area contributed by atoms with Crippen molar-refractivity contribution in [2.75, 3.05) is 26.2 Å². The molecule has 0 unspecified atom stereocenters. The van der Waals surface area contributed by atoms with Crippen LogP contribution >= 0.6 is 0 Å². The van der Waals surface area contributed by atoms with Gasteiger partial charge in [-0.2, -0.15) is 0 Å². The first-order chi connectivity index (χ1) is 12.3. The van der Waals surface area contributed by atoms with Gasteiger partial charge in [-0.05, 0) is 43.0 Å². The van der Waals surface area contributed by atoms with Gasteiger partial charge in [-0.1, -0.05) is 42.5 Å². The van der Waals surface area contributed by atoms with Crippen molar-refractivity contribution in [3.8, 4) is 5.75 Å². The van der Waals surface area contributed by atoms with E-state index in [1.807, 2.05) is 47.4 Å². The van der Waals surface area contributed by atoms with E-state index in [4.69, 9.17) is 10.5 Å². The molecule has 3 rings (SSSR count). The number of benzene rings is 2. The van der Waals surface area contributed by atoms with Crippen LogP contribution in [0.2, 0.25) is 0 Å². The average molecular weight is 338 g/mol. The van der Waals surface area contributed by atoms with Crippen LogP contribution in [-0.4, -0.2) is 37.0 Å². The van der Waals surface area contributed by atoms with Crippen molar-refractivity contribution >= 4 is 5.91 Å². The molecule has 25 heavy (non-hydrogen) atoms. The van der Waals surface area contributed by atoms with Crippen LogP contribution in [0.5, 0.6) is 5.75 Å². The molecule has 0 aromatic heterocycles. The summed E-state index contributed by atoms with van der Waals surface area (Å²) in [5.41, 5.74) is 7.67. The van der Waals surface area contributed by atoms with Gasteiger partial charge >= 0.3 is 0 Å². The quantitative estimate of drug-likeness (QED) is 0.880. The Hall–Kier alpha value is -2.33. The van der Waals surface area contributed by atoms with Crippen molar-refractivity contribution in [1.82, 2.24) is 4.90 Å². The molecule has 2 N–H and O–H groups in total. The maximum atomic E-state index is 12.9. The molecule has 1 aliphatic heterocycles. The molecule has 0 radical (unpaired) electrons. The van der Waals surface area contributed by atoms with Crippen LogP contribution in [0.1, 0.15) is 28.8 Å². The minimum atomic E-state index is 0.0495. The highest BCUT2D eigenvalue weighted by atomic mass is 16.5. The molecule has 1 fully saturated rings. The lowest BCUT2D eigenvalue weighted by atomic mass is 9.97. The molecular weight excluding hydrogens is 312 g/mol. The van der Waals surface area contributed by atoms with E-state index in [9.17, 15) is 4.79 Å². The van der Waals surface area contributed by atoms with Gasteiger partial charge in [0.05, 0.1) is 12.2 Å². The molecule has 0 bridgehead atoms.